The molecule has 0 aliphatic carbocycles. The fourth-order valence-electron chi connectivity index (χ4n) is 5.49. The highest BCUT2D eigenvalue weighted by atomic mass is 16.6. The van der Waals surface area contributed by atoms with E-state index < -0.39 is 47.3 Å². The molecule has 1 aromatic carbocycles. The number of ketones is 1. The first-order valence-electron chi connectivity index (χ1n) is 15.0. The highest BCUT2D eigenvalue weighted by Crippen LogP contribution is 2.29. The van der Waals surface area contributed by atoms with E-state index in [9.17, 15) is 24.0 Å². The summed E-state index contributed by atoms with van der Waals surface area (Å²) >= 11 is 0. The van der Waals surface area contributed by atoms with Gasteiger partial charge < -0.3 is 19.0 Å². The fourth-order valence-corrected chi connectivity index (χ4v) is 5.49. The molecule has 0 unspecified atom stereocenters. The maximum atomic E-state index is 13.7. The van der Waals surface area contributed by atoms with Crippen LogP contribution >= 0.6 is 0 Å². The second-order valence-corrected chi connectivity index (χ2v) is 12.9. The van der Waals surface area contributed by atoms with E-state index in [1.165, 1.54) is 9.80 Å². The van der Waals surface area contributed by atoms with Crippen molar-refractivity contribution >= 4 is 23.7 Å². The van der Waals surface area contributed by atoms with Crippen LogP contribution in [-0.2, 0) is 34.0 Å². The Hall–Kier alpha value is -3.96. The Kier molecular flexibility index (Phi) is 9.46. The summed E-state index contributed by atoms with van der Waals surface area (Å²) in [5.41, 5.74) is 0.246. The molecular formula is C31H43N5O7. The molecular weight excluding hydrogens is 554 g/mol. The lowest BCUT2D eigenvalue weighted by atomic mass is 9.97. The molecule has 1 fully saturated rings. The van der Waals surface area contributed by atoms with Gasteiger partial charge in [-0.3, -0.25) is 19.3 Å². The molecule has 4 rings (SSSR count). The van der Waals surface area contributed by atoms with Gasteiger partial charge in [0.15, 0.2) is 0 Å². The molecule has 0 saturated carbocycles. The molecule has 1 atom stereocenters. The van der Waals surface area contributed by atoms with Crippen molar-refractivity contribution in [2.45, 2.75) is 110 Å². The van der Waals surface area contributed by atoms with Crippen LogP contribution in [0.5, 0.6) is 0 Å². The van der Waals surface area contributed by atoms with Crippen LogP contribution in [0.25, 0.3) is 0 Å². The zero-order chi connectivity index (χ0) is 31.5. The fraction of sp³-hybridized carbons (Fsp3) is 0.613. The van der Waals surface area contributed by atoms with Crippen molar-refractivity contribution in [1.29, 1.82) is 0 Å². The molecule has 1 aromatic heterocycles. The molecule has 2 aliphatic rings. The number of fused-ring (bicyclic) bond motifs is 1. The lowest BCUT2D eigenvalue weighted by Crippen LogP contribution is -2.56. The summed E-state index contributed by atoms with van der Waals surface area (Å²) in [6.45, 7) is 11.8. The molecule has 3 amide bonds. The van der Waals surface area contributed by atoms with Gasteiger partial charge in [-0.1, -0.05) is 37.6 Å². The SMILES string of the molecule is CCCCn1nc(C(=O)[C@@H]2CCCN2C(=O)CN(C(=O)OC(C)(C)C)C(C)(C)CC(=O)N2Cc3ccccc3C2)oc1=O. The molecule has 12 nitrogen and oxygen atoms in total. The van der Waals surface area contributed by atoms with Crippen molar-refractivity contribution in [1.82, 2.24) is 24.5 Å². The van der Waals surface area contributed by atoms with Crippen molar-refractivity contribution in [3.05, 3.63) is 51.8 Å². The Balaban J connectivity index is 1.51. The average Bonchev–Trinajstić information content (AvgIpc) is 3.67. The van der Waals surface area contributed by atoms with E-state index in [1.807, 2.05) is 31.2 Å². The number of nitrogens with zero attached hydrogens (tertiary/aromatic N) is 5. The van der Waals surface area contributed by atoms with E-state index in [1.54, 1.807) is 39.5 Å². The van der Waals surface area contributed by atoms with Gasteiger partial charge >= 0.3 is 11.8 Å². The van der Waals surface area contributed by atoms with Crippen LogP contribution in [0.3, 0.4) is 0 Å². The second-order valence-electron chi connectivity index (χ2n) is 12.9. The summed E-state index contributed by atoms with van der Waals surface area (Å²) in [5, 5.41) is 4.06. The Morgan fingerprint density at radius 2 is 1.70 bits per heavy atom. The van der Waals surface area contributed by atoms with E-state index in [-0.39, 0.29) is 18.2 Å². The number of unbranched alkanes of at least 4 members (excludes halogenated alkanes) is 1. The highest BCUT2D eigenvalue weighted by molar-refractivity contribution is 5.99. The minimum Gasteiger partial charge on any atom is -0.444 e. The monoisotopic (exact) mass is 597 g/mol. The Labute approximate surface area is 251 Å². The van der Waals surface area contributed by atoms with Crippen LogP contribution in [0.4, 0.5) is 4.79 Å². The molecule has 0 spiro atoms. The van der Waals surface area contributed by atoms with Crippen LogP contribution in [0, 0.1) is 0 Å². The Morgan fingerprint density at radius 1 is 1.05 bits per heavy atom. The predicted molar refractivity (Wildman–Crippen MR) is 157 cm³/mol. The van der Waals surface area contributed by atoms with E-state index in [0.717, 1.165) is 22.2 Å². The molecule has 2 aromatic rings. The number of hydrogen-bond donors (Lipinski definition) is 0. The number of amides is 3. The number of ether oxygens (including phenoxy) is 1. The van der Waals surface area contributed by atoms with Crippen molar-refractivity contribution in [2.75, 3.05) is 13.1 Å². The topological polar surface area (TPSA) is 135 Å². The van der Waals surface area contributed by atoms with Crippen molar-refractivity contribution < 1.29 is 28.3 Å². The number of hydrogen-bond acceptors (Lipinski definition) is 8. The summed E-state index contributed by atoms with van der Waals surface area (Å²) in [6.07, 6.45) is 1.72. The van der Waals surface area contributed by atoms with E-state index >= 15 is 0 Å². The molecule has 2 aliphatic heterocycles. The summed E-state index contributed by atoms with van der Waals surface area (Å²) in [7, 11) is 0. The van der Waals surface area contributed by atoms with Gasteiger partial charge in [-0.25, -0.2) is 9.59 Å². The standard InChI is InChI=1S/C31H43N5O7/c1-7-8-16-36-29(41)42-27(32-36)26(39)23-14-11-15-34(23)25(38)20-35(28(40)43-30(2,3)4)31(5,6)17-24(37)33-18-21-12-9-10-13-22(21)19-33/h9-10,12-13,23H,7-8,11,14-20H2,1-6H3/t23-/m0/s1. The number of Topliss-reactive ketones (excluding diaryl/α,β-unsaturated/α-hetero) is 1. The molecule has 43 heavy (non-hydrogen) atoms. The van der Waals surface area contributed by atoms with E-state index in [2.05, 4.69) is 5.10 Å². The molecule has 1 saturated heterocycles. The predicted octanol–water partition coefficient (Wildman–Crippen LogP) is 3.76. The lowest BCUT2D eigenvalue weighted by Gasteiger charge is -2.40. The van der Waals surface area contributed by atoms with Crippen molar-refractivity contribution in [3.8, 4) is 0 Å². The van der Waals surface area contributed by atoms with Gasteiger partial charge in [-0.05, 0) is 65.0 Å². The second kappa shape index (κ2) is 12.7. The van der Waals surface area contributed by atoms with Gasteiger partial charge in [-0.15, -0.1) is 5.10 Å². The maximum absolute atomic E-state index is 13.7. The third-order valence-corrected chi connectivity index (χ3v) is 7.83. The first-order valence-corrected chi connectivity index (χ1v) is 15.0. The van der Waals surface area contributed by atoms with Crippen molar-refractivity contribution in [3.63, 3.8) is 0 Å². The smallest absolute Gasteiger partial charge is 0.437 e. The lowest BCUT2D eigenvalue weighted by molar-refractivity contribution is -0.138. The molecule has 12 heteroatoms. The molecule has 0 radical (unpaired) electrons. The van der Waals surface area contributed by atoms with Crippen molar-refractivity contribution in [2.24, 2.45) is 0 Å². The van der Waals surface area contributed by atoms with Gasteiger partial charge in [0.2, 0.25) is 17.6 Å². The summed E-state index contributed by atoms with van der Waals surface area (Å²) in [4.78, 5) is 70.6. The normalized spacial score (nSPS) is 16.7. The van der Waals surface area contributed by atoms with Crippen LogP contribution in [-0.4, -0.2) is 78.4 Å². The summed E-state index contributed by atoms with van der Waals surface area (Å²) in [6, 6.07) is 6.99. The van der Waals surface area contributed by atoms with Crippen LogP contribution < -0.4 is 5.76 Å². The zero-order valence-corrected chi connectivity index (χ0v) is 26.1. The van der Waals surface area contributed by atoms with E-state index in [0.29, 0.717) is 45.4 Å². The summed E-state index contributed by atoms with van der Waals surface area (Å²) < 4.78 is 11.9. The number of benzene rings is 1. The minimum atomic E-state index is -1.09. The number of carbonyl (C=O) groups is 4. The van der Waals surface area contributed by atoms with Gasteiger partial charge in [0.05, 0.1) is 0 Å². The van der Waals surface area contributed by atoms with Gasteiger partial charge in [0, 0.05) is 38.1 Å². The number of rotatable bonds is 10. The van der Waals surface area contributed by atoms with Gasteiger partial charge in [0.25, 0.3) is 5.89 Å². The summed E-state index contributed by atoms with van der Waals surface area (Å²) in [5.74, 6) is -2.21. The molecule has 3 heterocycles. The number of carbonyl (C=O) groups excluding carboxylic acids is 4. The van der Waals surface area contributed by atoms with Gasteiger partial charge in [-0.2, -0.15) is 4.68 Å². The number of aryl methyl sites for hydroxylation is 1. The van der Waals surface area contributed by atoms with E-state index in [4.69, 9.17) is 9.15 Å². The third kappa shape index (κ3) is 7.52. The highest BCUT2D eigenvalue weighted by Gasteiger charge is 2.42. The first kappa shape index (κ1) is 32.0. The van der Waals surface area contributed by atoms with Crippen LogP contribution in [0.15, 0.2) is 33.5 Å². The average molecular weight is 598 g/mol. The number of likely N-dealkylation sites (tertiary alicyclic amines) is 1. The van der Waals surface area contributed by atoms with Crippen LogP contribution in [0.2, 0.25) is 0 Å². The largest absolute Gasteiger partial charge is 0.444 e. The number of aromatic nitrogens is 2. The third-order valence-electron chi connectivity index (χ3n) is 7.83. The first-order chi connectivity index (χ1) is 20.2. The molecule has 0 bridgehead atoms. The Morgan fingerprint density at radius 3 is 2.30 bits per heavy atom. The zero-order valence-electron chi connectivity index (χ0n) is 26.1. The molecule has 234 valence electrons. The maximum Gasteiger partial charge on any atom is 0.437 e. The molecule has 0 N–H and O–H groups in total. The van der Waals surface area contributed by atoms with Crippen LogP contribution in [0.1, 0.15) is 95.5 Å². The quantitative estimate of drug-likeness (QED) is 0.378. The minimum absolute atomic E-state index is 0.0315. The Bertz CT molecular complexity index is 1390. The van der Waals surface area contributed by atoms with Gasteiger partial charge in [0.1, 0.15) is 18.2 Å².